The molecule has 0 saturated carbocycles. The van der Waals surface area contributed by atoms with Gasteiger partial charge in [-0.05, 0) is 54.6 Å². The molecular formula is C9H11FIN. The largest absolute Gasteiger partial charge is 0.383 e. The van der Waals surface area contributed by atoms with E-state index in [1.165, 1.54) is 6.07 Å². The Morgan fingerprint density at radius 3 is 2.58 bits per heavy atom. The van der Waals surface area contributed by atoms with E-state index in [4.69, 9.17) is 0 Å². The topological polar surface area (TPSA) is 12.0 Å². The Morgan fingerprint density at radius 2 is 2.08 bits per heavy atom. The molecule has 1 rings (SSSR count). The molecule has 0 atom stereocenters. The second kappa shape index (κ2) is 4.07. The molecule has 0 aromatic heterocycles. The molecule has 12 heavy (non-hydrogen) atoms. The zero-order chi connectivity index (χ0) is 9.14. The van der Waals surface area contributed by atoms with Gasteiger partial charge in [0.15, 0.2) is 0 Å². The molecule has 0 aliphatic carbocycles. The third kappa shape index (κ3) is 2.62. The summed E-state index contributed by atoms with van der Waals surface area (Å²) in [5.74, 6) is -0.166. The summed E-state index contributed by atoms with van der Waals surface area (Å²) in [6.45, 7) is 4.05. The number of nitrogens with one attached hydrogen (secondary N) is 1. The number of rotatable bonds is 2. The van der Waals surface area contributed by atoms with Gasteiger partial charge in [0.05, 0.1) is 0 Å². The Labute approximate surface area is 85.5 Å². The predicted molar refractivity (Wildman–Crippen MR) is 57.9 cm³/mol. The Morgan fingerprint density at radius 1 is 1.42 bits per heavy atom. The second-order valence-corrected chi connectivity index (χ2v) is 4.09. The molecular weight excluding hydrogens is 268 g/mol. The van der Waals surface area contributed by atoms with Gasteiger partial charge in [0, 0.05) is 15.3 Å². The maximum atomic E-state index is 13.0. The molecule has 0 fully saturated rings. The van der Waals surface area contributed by atoms with Crippen molar-refractivity contribution < 1.29 is 4.39 Å². The van der Waals surface area contributed by atoms with Crippen LogP contribution in [0.25, 0.3) is 0 Å². The van der Waals surface area contributed by atoms with Gasteiger partial charge in [-0.2, -0.15) is 0 Å². The first-order chi connectivity index (χ1) is 5.59. The highest BCUT2D eigenvalue weighted by Gasteiger charge is 2.00. The normalized spacial score (nSPS) is 10.4. The van der Waals surface area contributed by atoms with E-state index >= 15 is 0 Å². The summed E-state index contributed by atoms with van der Waals surface area (Å²) in [6.07, 6.45) is 0. The van der Waals surface area contributed by atoms with Crippen LogP contribution in [0.5, 0.6) is 0 Å². The maximum absolute atomic E-state index is 13.0. The van der Waals surface area contributed by atoms with Gasteiger partial charge in [0.25, 0.3) is 0 Å². The van der Waals surface area contributed by atoms with Crippen molar-refractivity contribution in [3.63, 3.8) is 0 Å². The minimum atomic E-state index is -0.166. The highest BCUT2D eigenvalue weighted by atomic mass is 127. The Hall–Kier alpha value is -0.320. The Balaban J connectivity index is 2.82. The lowest BCUT2D eigenvalue weighted by atomic mass is 10.3. The lowest BCUT2D eigenvalue weighted by molar-refractivity contribution is 0.620. The molecule has 1 N–H and O–H groups in total. The molecule has 3 heteroatoms. The van der Waals surface area contributed by atoms with Gasteiger partial charge in [-0.25, -0.2) is 4.39 Å². The lowest BCUT2D eigenvalue weighted by Crippen LogP contribution is -2.09. The van der Waals surface area contributed by atoms with Crippen molar-refractivity contribution in [2.45, 2.75) is 19.9 Å². The number of hydrogen-bond acceptors (Lipinski definition) is 1. The Kier molecular flexibility index (Phi) is 3.31. The van der Waals surface area contributed by atoms with E-state index in [2.05, 4.69) is 5.32 Å². The second-order valence-electron chi connectivity index (χ2n) is 2.93. The first-order valence-corrected chi connectivity index (χ1v) is 4.89. The van der Waals surface area contributed by atoms with Crippen molar-refractivity contribution in [2.75, 3.05) is 5.32 Å². The summed E-state index contributed by atoms with van der Waals surface area (Å²) in [4.78, 5) is 0. The predicted octanol–water partition coefficient (Wildman–Crippen LogP) is 3.25. The van der Waals surface area contributed by atoms with E-state index < -0.39 is 0 Å². The molecule has 0 heterocycles. The monoisotopic (exact) mass is 279 g/mol. The van der Waals surface area contributed by atoms with E-state index in [1.807, 2.05) is 42.5 Å². The molecule has 1 aromatic carbocycles. The standard InChI is InChI=1S/C9H11FIN/c1-6(2)12-7-3-4-9(11)8(10)5-7/h3-6,12H,1-2H3. The number of anilines is 1. The van der Waals surface area contributed by atoms with Gasteiger partial charge < -0.3 is 5.32 Å². The number of benzene rings is 1. The third-order valence-electron chi connectivity index (χ3n) is 1.37. The quantitative estimate of drug-likeness (QED) is 0.819. The molecule has 0 unspecified atom stereocenters. The van der Waals surface area contributed by atoms with Crippen LogP contribution in [0, 0.1) is 9.39 Å². The molecule has 0 aliphatic rings. The van der Waals surface area contributed by atoms with Crippen molar-refractivity contribution in [3.05, 3.63) is 27.6 Å². The van der Waals surface area contributed by atoms with Crippen LogP contribution in [-0.4, -0.2) is 6.04 Å². The fraction of sp³-hybridized carbons (Fsp3) is 0.333. The molecule has 0 aliphatic heterocycles. The molecule has 0 bridgehead atoms. The molecule has 0 spiro atoms. The first kappa shape index (κ1) is 9.77. The van der Waals surface area contributed by atoms with Crippen molar-refractivity contribution in [2.24, 2.45) is 0 Å². The summed E-state index contributed by atoms with van der Waals surface area (Å²) < 4.78 is 13.6. The average Bonchev–Trinajstić information content (AvgIpc) is 1.96. The summed E-state index contributed by atoms with van der Waals surface area (Å²) in [7, 11) is 0. The molecule has 0 saturated heterocycles. The van der Waals surface area contributed by atoms with Crippen molar-refractivity contribution >= 4 is 28.3 Å². The molecule has 1 nitrogen and oxygen atoms in total. The summed E-state index contributed by atoms with van der Waals surface area (Å²) in [5.41, 5.74) is 0.836. The SMILES string of the molecule is CC(C)Nc1ccc(I)c(F)c1. The number of halogens is 2. The van der Waals surface area contributed by atoms with E-state index in [1.54, 1.807) is 6.07 Å². The molecule has 1 aromatic rings. The Bertz CT molecular complexity index is 273. The minimum absolute atomic E-state index is 0.166. The van der Waals surface area contributed by atoms with Crippen LogP contribution < -0.4 is 5.32 Å². The van der Waals surface area contributed by atoms with Crippen LogP contribution >= 0.6 is 22.6 Å². The first-order valence-electron chi connectivity index (χ1n) is 3.81. The van der Waals surface area contributed by atoms with Crippen molar-refractivity contribution in [1.82, 2.24) is 0 Å². The fourth-order valence-electron chi connectivity index (χ4n) is 0.919. The van der Waals surface area contributed by atoms with Gasteiger partial charge in [0.2, 0.25) is 0 Å². The molecule has 0 radical (unpaired) electrons. The van der Waals surface area contributed by atoms with Gasteiger partial charge >= 0.3 is 0 Å². The van der Waals surface area contributed by atoms with Gasteiger partial charge in [-0.15, -0.1) is 0 Å². The summed E-state index contributed by atoms with van der Waals surface area (Å²) in [6, 6.07) is 5.50. The third-order valence-corrected chi connectivity index (χ3v) is 2.25. The maximum Gasteiger partial charge on any atom is 0.138 e. The van der Waals surface area contributed by atoms with Crippen LogP contribution in [0.3, 0.4) is 0 Å². The summed E-state index contributed by atoms with van der Waals surface area (Å²) >= 11 is 1.97. The zero-order valence-electron chi connectivity index (χ0n) is 7.07. The van der Waals surface area contributed by atoms with E-state index in [-0.39, 0.29) is 5.82 Å². The number of hydrogen-bond donors (Lipinski definition) is 1. The van der Waals surface area contributed by atoms with Gasteiger partial charge in [0.1, 0.15) is 5.82 Å². The summed E-state index contributed by atoms with van der Waals surface area (Å²) in [5, 5.41) is 3.13. The van der Waals surface area contributed by atoms with Gasteiger partial charge in [-0.3, -0.25) is 0 Å². The van der Waals surface area contributed by atoms with E-state index in [0.717, 1.165) is 5.69 Å². The average molecular weight is 279 g/mol. The smallest absolute Gasteiger partial charge is 0.138 e. The fourth-order valence-corrected chi connectivity index (χ4v) is 1.25. The van der Waals surface area contributed by atoms with Crippen LogP contribution in [0.15, 0.2) is 18.2 Å². The minimum Gasteiger partial charge on any atom is -0.383 e. The van der Waals surface area contributed by atoms with Crippen LogP contribution in [-0.2, 0) is 0 Å². The van der Waals surface area contributed by atoms with Crippen molar-refractivity contribution in [1.29, 1.82) is 0 Å². The van der Waals surface area contributed by atoms with E-state index in [9.17, 15) is 4.39 Å². The van der Waals surface area contributed by atoms with E-state index in [0.29, 0.717) is 9.61 Å². The van der Waals surface area contributed by atoms with Gasteiger partial charge in [-0.1, -0.05) is 0 Å². The van der Waals surface area contributed by atoms with Crippen molar-refractivity contribution in [3.8, 4) is 0 Å². The lowest BCUT2D eigenvalue weighted by Gasteiger charge is -2.09. The van der Waals surface area contributed by atoms with Crippen LogP contribution in [0.2, 0.25) is 0 Å². The zero-order valence-corrected chi connectivity index (χ0v) is 9.22. The molecule has 66 valence electrons. The highest BCUT2D eigenvalue weighted by Crippen LogP contribution is 2.16. The highest BCUT2D eigenvalue weighted by molar-refractivity contribution is 14.1. The van der Waals surface area contributed by atoms with Crippen LogP contribution in [0.4, 0.5) is 10.1 Å². The van der Waals surface area contributed by atoms with Crippen LogP contribution in [0.1, 0.15) is 13.8 Å². The molecule has 0 amide bonds.